The smallest absolute Gasteiger partial charge is 0.462 e. The Hall–Kier alpha value is -2.81. The molecule has 0 saturated heterocycles. The highest BCUT2D eigenvalue weighted by Gasteiger charge is 2.25. The monoisotopic (exact) mass is 790 g/mol. The lowest BCUT2D eigenvalue weighted by Crippen LogP contribution is -2.29. The van der Waals surface area contributed by atoms with Crippen LogP contribution in [0.15, 0.2) is 85.1 Å². The zero-order chi connectivity index (χ0) is 40.3. The third-order valence-corrected chi connectivity index (χ3v) is 9.25. The van der Waals surface area contributed by atoms with E-state index in [1.807, 2.05) is 6.08 Å². The number of hydrogen-bond donors (Lipinski definition) is 2. The van der Waals surface area contributed by atoms with Crippen LogP contribution in [0, 0.1) is 0 Å². The van der Waals surface area contributed by atoms with Crippen LogP contribution in [-0.4, -0.2) is 49.3 Å². The lowest BCUT2D eigenvalue weighted by Gasteiger charge is -2.19. The van der Waals surface area contributed by atoms with E-state index >= 15 is 0 Å². The Bertz CT molecular complexity index is 1170. The number of phosphoric ester groups is 1. The molecule has 2 atom stereocenters. The number of ether oxygens (including phenoxy) is 2. The Morgan fingerprint density at radius 2 is 1.00 bits per heavy atom. The SMILES string of the molecule is CC/C=C/C/C=C/C/C=C/C/C=C/C/C=C/CCCC(=O)OC[C@H](COP(=O)(O)OCCN)OC(=O)CCC/C=C/C/C=C/CCCCCCCCCCC. The lowest BCUT2D eigenvalue weighted by molar-refractivity contribution is -0.161. The normalized spacial score (nSPS) is 14.2. The zero-order valence-electron chi connectivity index (χ0n) is 34.4. The molecular weight excluding hydrogens is 713 g/mol. The van der Waals surface area contributed by atoms with E-state index in [0.29, 0.717) is 19.3 Å². The predicted molar refractivity (Wildman–Crippen MR) is 229 cm³/mol. The van der Waals surface area contributed by atoms with Gasteiger partial charge in [-0.25, -0.2) is 4.57 Å². The van der Waals surface area contributed by atoms with Crippen molar-refractivity contribution in [3.8, 4) is 0 Å². The fraction of sp³-hybridized carbons (Fsp3) is 0.644. The molecule has 0 saturated carbocycles. The number of nitrogens with two attached hydrogens (primary N) is 1. The Labute approximate surface area is 334 Å². The zero-order valence-corrected chi connectivity index (χ0v) is 35.3. The Morgan fingerprint density at radius 1 is 0.564 bits per heavy atom. The van der Waals surface area contributed by atoms with Gasteiger partial charge in [-0.3, -0.25) is 18.6 Å². The molecule has 55 heavy (non-hydrogen) atoms. The van der Waals surface area contributed by atoms with Crippen LogP contribution in [0.4, 0.5) is 0 Å². The van der Waals surface area contributed by atoms with Crippen molar-refractivity contribution in [3.63, 3.8) is 0 Å². The van der Waals surface area contributed by atoms with Crippen molar-refractivity contribution in [2.45, 2.75) is 161 Å². The molecule has 0 aliphatic rings. The molecule has 0 bridgehead atoms. The summed E-state index contributed by atoms with van der Waals surface area (Å²) in [5, 5.41) is 0. The summed E-state index contributed by atoms with van der Waals surface area (Å²) in [7, 11) is -4.40. The summed E-state index contributed by atoms with van der Waals surface area (Å²) >= 11 is 0. The molecule has 1 unspecified atom stereocenters. The van der Waals surface area contributed by atoms with Gasteiger partial charge in [0.1, 0.15) is 6.61 Å². The largest absolute Gasteiger partial charge is 0.472 e. The second-order valence-electron chi connectivity index (χ2n) is 13.5. The number of rotatable bonds is 38. The van der Waals surface area contributed by atoms with E-state index in [0.717, 1.165) is 51.4 Å². The molecule has 0 amide bonds. The highest BCUT2D eigenvalue weighted by atomic mass is 31.2. The van der Waals surface area contributed by atoms with E-state index < -0.39 is 32.5 Å². The lowest BCUT2D eigenvalue weighted by atomic mass is 10.1. The number of esters is 2. The van der Waals surface area contributed by atoms with E-state index in [1.54, 1.807) is 0 Å². The first kappa shape index (κ1) is 52.2. The van der Waals surface area contributed by atoms with Crippen molar-refractivity contribution in [2.75, 3.05) is 26.4 Å². The number of hydrogen-bond acceptors (Lipinski definition) is 8. The van der Waals surface area contributed by atoms with E-state index in [4.69, 9.17) is 24.3 Å². The average Bonchev–Trinajstić information content (AvgIpc) is 3.17. The molecule has 0 aromatic rings. The average molecular weight is 790 g/mol. The summed E-state index contributed by atoms with van der Waals surface area (Å²) in [6.45, 7) is 3.48. The standard InChI is InChI=1S/C45H76NO8P/c1-3-5-7-9-11-13-15-17-19-21-23-25-27-29-31-33-35-37-44(47)51-41-43(42-53-55(49,50)52-40-39-46)54-45(48)38-36-34-32-30-28-26-24-22-20-18-16-14-12-10-8-6-4-2/h5,7,11,13,17,19,23-26,29-32,43H,3-4,6,8-10,12,14-16,18,20-22,27-28,33-42,46H2,1-2H3,(H,49,50)/b7-5+,13-11+,19-17+,25-23+,26-24+,31-29+,32-30+/t43-/m1/s1. The fourth-order valence-corrected chi connectivity index (χ4v) is 5.94. The molecule has 0 aromatic heterocycles. The first-order valence-electron chi connectivity index (χ1n) is 21.1. The summed E-state index contributed by atoms with van der Waals surface area (Å²) < 4.78 is 32.6. The minimum Gasteiger partial charge on any atom is -0.462 e. The molecular formula is C45H76NO8P. The number of unbranched alkanes of at least 4 members (excludes halogenated alkanes) is 11. The van der Waals surface area contributed by atoms with Crippen LogP contribution in [0.2, 0.25) is 0 Å². The summed E-state index contributed by atoms with van der Waals surface area (Å²) in [6.07, 6.45) is 50.6. The molecule has 0 spiro atoms. The van der Waals surface area contributed by atoms with Crippen molar-refractivity contribution in [1.82, 2.24) is 0 Å². The molecule has 9 nitrogen and oxygen atoms in total. The Kier molecular flexibility index (Phi) is 38.8. The van der Waals surface area contributed by atoms with Crippen molar-refractivity contribution >= 4 is 19.8 Å². The van der Waals surface area contributed by atoms with E-state index in [1.165, 1.54) is 57.8 Å². The minimum absolute atomic E-state index is 0.0354. The number of carbonyl (C=O) groups is 2. The van der Waals surface area contributed by atoms with Gasteiger partial charge in [-0.15, -0.1) is 0 Å². The molecule has 0 aliphatic carbocycles. The van der Waals surface area contributed by atoms with Gasteiger partial charge in [-0.2, -0.15) is 0 Å². The van der Waals surface area contributed by atoms with Gasteiger partial charge in [0, 0.05) is 19.4 Å². The molecule has 0 aliphatic heterocycles. The quantitative estimate of drug-likeness (QED) is 0.0271. The molecule has 0 rings (SSSR count). The summed E-state index contributed by atoms with van der Waals surface area (Å²) in [6, 6.07) is 0. The molecule has 314 valence electrons. The first-order valence-corrected chi connectivity index (χ1v) is 22.6. The van der Waals surface area contributed by atoms with Crippen molar-refractivity contribution < 1.29 is 37.6 Å². The van der Waals surface area contributed by atoms with Crippen molar-refractivity contribution in [3.05, 3.63) is 85.1 Å². The third-order valence-electron chi connectivity index (χ3n) is 8.27. The maximum absolute atomic E-state index is 12.5. The van der Waals surface area contributed by atoms with E-state index in [2.05, 4.69) is 92.8 Å². The topological polar surface area (TPSA) is 134 Å². The fourth-order valence-electron chi connectivity index (χ4n) is 5.18. The van der Waals surface area contributed by atoms with Crippen LogP contribution >= 0.6 is 7.82 Å². The van der Waals surface area contributed by atoms with Gasteiger partial charge in [0.2, 0.25) is 0 Å². The minimum atomic E-state index is -4.40. The summed E-state index contributed by atoms with van der Waals surface area (Å²) in [5.74, 6) is -0.958. The second-order valence-corrected chi connectivity index (χ2v) is 14.9. The number of allylic oxidation sites excluding steroid dienone is 14. The van der Waals surface area contributed by atoms with Gasteiger partial charge in [0.25, 0.3) is 0 Å². The molecule has 0 fully saturated rings. The van der Waals surface area contributed by atoms with Gasteiger partial charge < -0.3 is 20.1 Å². The van der Waals surface area contributed by atoms with Gasteiger partial charge >= 0.3 is 19.8 Å². The molecule has 0 heterocycles. The maximum Gasteiger partial charge on any atom is 0.472 e. The highest BCUT2D eigenvalue weighted by molar-refractivity contribution is 7.47. The van der Waals surface area contributed by atoms with E-state index in [-0.39, 0.29) is 32.6 Å². The number of phosphoric acid groups is 1. The first-order chi connectivity index (χ1) is 26.8. The summed E-state index contributed by atoms with van der Waals surface area (Å²) in [5.41, 5.74) is 5.34. The van der Waals surface area contributed by atoms with Gasteiger partial charge in [-0.05, 0) is 77.0 Å². The molecule has 0 radical (unpaired) electrons. The molecule has 10 heteroatoms. The van der Waals surface area contributed by atoms with Crippen LogP contribution in [0.1, 0.15) is 155 Å². The van der Waals surface area contributed by atoms with Gasteiger partial charge in [-0.1, -0.05) is 150 Å². The summed E-state index contributed by atoms with van der Waals surface area (Å²) in [4.78, 5) is 34.8. The van der Waals surface area contributed by atoms with Crippen LogP contribution in [-0.2, 0) is 32.7 Å². The molecule has 3 N–H and O–H groups in total. The third kappa shape index (κ3) is 40.7. The Morgan fingerprint density at radius 3 is 1.49 bits per heavy atom. The Balaban J connectivity index is 4.35. The van der Waals surface area contributed by atoms with Crippen LogP contribution in [0.5, 0.6) is 0 Å². The van der Waals surface area contributed by atoms with Crippen molar-refractivity contribution in [1.29, 1.82) is 0 Å². The predicted octanol–water partition coefficient (Wildman–Crippen LogP) is 12.0. The van der Waals surface area contributed by atoms with Gasteiger partial charge in [0.05, 0.1) is 13.2 Å². The molecule has 0 aromatic carbocycles. The maximum atomic E-state index is 12.5. The van der Waals surface area contributed by atoms with Crippen molar-refractivity contribution in [2.24, 2.45) is 5.73 Å². The van der Waals surface area contributed by atoms with E-state index in [9.17, 15) is 19.0 Å². The highest BCUT2D eigenvalue weighted by Crippen LogP contribution is 2.43. The van der Waals surface area contributed by atoms with Crippen LogP contribution < -0.4 is 5.73 Å². The number of carbonyl (C=O) groups excluding carboxylic acids is 2. The van der Waals surface area contributed by atoms with Crippen LogP contribution in [0.3, 0.4) is 0 Å². The van der Waals surface area contributed by atoms with Crippen LogP contribution in [0.25, 0.3) is 0 Å². The van der Waals surface area contributed by atoms with Gasteiger partial charge in [0.15, 0.2) is 6.10 Å². The second kappa shape index (κ2) is 40.8.